The van der Waals surface area contributed by atoms with E-state index in [1.54, 1.807) is 6.26 Å². The topological polar surface area (TPSA) is 25.2 Å². The van der Waals surface area contributed by atoms with Crippen molar-refractivity contribution in [2.75, 3.05) is 0 Å². The lowest BCUT2D eigenvalue weighted by molar-refractivity contribution is 0.403. The van der Waals surface area contributed by atoms with Crippen molar-refractivity contribution in [1.82, 2.24) is 5.32 Å². The lowest BCUT2D eigenvalue weighted by atomic mass is 10.1. The molecule has 96 valence electrons. The van der Waals surface area contributed by atoms with Crippen LogP contribution in [0.25, 0.3) is 0 Å². The van der Waals surface area contributed by atoms with Gasteiger partial charge in [0.15, 0.2) is 0 Å². The van der Waals surface area contributed by atoms with Gasteiger partial charge in [-0.1, -0.05) is 29.3 Å². The minimum Gasteiger partial charge on any atom is -0.468 e. The Balaban J connectivity index is 2.07. The molecule has 0 fully saturated rings. The molecule has 0 spiro atoms. The highest BCUT2D eigenvalue weighted by Crippen LogP contribution is 2.26. The lowest BCUT2D eigenvalue weighted by Crippen LogP contribution is -2.22. The molecule has 2 unspecified atom stereocenters. The molecule has 0 saturated heterocycles. The first-order chi connectivity index (χ1) is 8.58. The Morgan fingerprint density at radius 2 is 1.83 bits per heavy atom. The number of benzene rings is 1. The third-order valence-corrected chi connectivity index (χ3v) is 3.65. The van der Waals surface area contributed by atoms with Gasteiger partial charge in [0.1, 0.15) is 5.76 Å². The van der Waals surface area contributed by atoms with Crippen LogP contribution in [0.5, 0.6) is 0 Å². The summed E-state index contributed by atoms with van der Waals surface area (Å²) in [7, 11) is 0. The van der Waals surface area contributed by atoms with Crippen molar-refractivity contribution in [2.45, 2.75) is 25.9 Å². The summed E-state index contributed by atoms with van der Waals surface area (Å²) in [6, 6.07) is 9.83. The van der Waals surface area contributed by atoms with E-state index in [-0.39, 0.29) is 12.1 Å². The number of rotatable bonds is 4. The molecule has 1 aromatic heterocycles. The van der Waals surface area contributed by atoms with Crippen molar-refractivity contribution in [3.63, 3.8) is 0 Å². The first-order valence-electron chi connectivity index (χ1n) is 5.82. The Labute approximate surface area is 117 Å². The molecule has 2 rings (SSSR count). The summed E-state index contributed by atoms with van der Waals surface area (Å²) in [5.41, 5.74) is 1.10. The number of hydrogen-bond donors (Lipinski definition) is 1. The molecule has 1 N–H and O–H groups in total. The highest BCUT2D eigenvalue weighted by atomic mass is 35.5. The van der Waals surface area contributed by atoms with Crippen LogP contribution in [0.2, 0.25) is 10.0 Å². The summed E-state index contributed by atoms with van der Waals surface area (Å²) < 4.78 is 5.37. The Kier molecular flexibility index (Phi) is 4.33. The first kappa shape index (κ1) is 13.5. The molecule has 2 aromatic rings. The van der Waals surface area contributed by atoms with Gasteiger partial charge in [0, 0.05) is 6.04 Å². The van der Waals surface area contributed by atoms with Crippen LogP contribution in [0.15, 0.2) is 41.0 Å². The maximum absolute atomic E-state index is 6.02. The van der Waals surface area contributed by atoms with Crippen LogP contribution in [-0.4, -0.2) is 0 Å². The van der Waals surface area contributed by atoms with E-state index in [2.05, 4.69) is 19.2 Å². The minimum absolute atomic E-state index is 0.143. The normalized spacial score (nSPS) is 14.4. The first-order valence-corrected chi connectivity index (χ1v) is 6.58. The zero-order valence-electron chi connectivity index (χ0n) is 10.3. The molecule has 1 aromatic carbocycles. The molecular weight excluding hydrogens is 269 g/mol. The van der Waals surface area contributed by atoms with Gasteiger partial charge in [-0.2, -0.15) is 0 Å². The molecule has 0 radical (unpaired) electrons. The number of hydrogen-bond acceptors (Lipinski definition) is 2. The molecule has 1 heterocycles. The molecule has 0 saturated carbocycles. The Morgan fingerprint density at radius 1 is 1.06 bits per heavy atom. The average Bonchev–Trinajstić information content (AvgIpc) is 2.86. The van der Waals surface area contributed by atoms with Gasteiger partial charge in [-0.05, 0) is 43.7 Å². The molecule has 0 bridgehead atoms. The van der Waals surface area contributed by atoms with Crippen molar-refractivity contribution in [3.05, 3.63) is 58.0 Å². The van der Waals surface area contributed by atoms with Gasteiger partial charge in [0.05, 0.1) is 22.4 Å². The van der Waals surface area contributed by atoms with E-state index in [0.29, 0.717) is 10.0 Å². The van der Waals surface area contributed by atoms with Crippen LogP contribution in [0, 0.1) is 0 Å². The minimum atomic E-state index is 0.143. The molecule has 18 heavy (non-hydrogen) atoms. The second-order valence-electron chi connectivity index (χ2n) is 4.30. The maximum atomic E-state index is 6.02. The van der Waals surface area contributed by atoms with Gasteiger partial charge >= 0.3 is 0 Å². The van der Waals surface area contributed by atoms with Crippen LogP contribution in [-0.2, 0) is 0 Å². The van der Waals surface area contributed by atoms with Crippen LogP contribution < -0.4 is 5.32 Å². The van der Waals surface area contributed by atoms with Gasteiger partial charge in [-0.25, -0.2) is 0 Å². The quantitative estimate of drug-likeness (QED) is 0.854. The van der Waals surface area contributed by atoms with Gasteiger partial charge in [0.25, 0.3) is 0 Å². The molecular formula is C14H15Cl2NO. The molecule has 0 aliphatic carbocycles. The van der Waals surface area contributed by atoms with Crippen LogP contribution in [0.3, 0.4) is 0 Å². The fourth-order valence-electron chi connectivity index (χ4n) is 1.87. The van der Waals surface area contributed by atoms with E-state index in [0.717, 1.165) is 11.3 Å². The predicted octanol–water partition coefficient (Wildman–Crippen LogP) is 5.00. The zero-order valence-corrected chi connectivity index (χ0v) is 11.8. The van der Waals surface area contributed by atoms with Crippen molar-refractivity contribution < 1.29 is 4.42 Å². The molecule has 0 aliphatic heterocycles. The zero-order chi connectivity index (χ0) is 13.1. The fraction of sp³-hybridized carbons (Fsp3) is 0.286. The van der Waals surface area contributed by atoms with Gasteiger partial charge < -0.3 is 9.73 Å². The number of halogens is 2. The molecule has 2 atom stereocenters. The van der Waals surface area contributed by atoms with E-state index in [9.17, 15) is 0 Å². The summed E-state index contributed by atoms with van der Waals surface area (Å²) in [5, 5.41) is 4.60. The second kappa shape index (κ2) is 5.79. The summed E-state index contributed by atoms with van der Waals surface area (Å²) in [6.07, 6.45) is 1.68. The summed E-state index contributed by atoms with van der Waals surface area (Å²) in [6.45, 7) is 4.14. The summed E-state index contributed by atoms with van der Waals surface area (Å²) >= 11 is 11.9. The maximum Gasteiger partial charge on any atom is 0.120 e. The molecule has 0 amide bonds. The fourth-order valence-corrected chi connectivity index (χ4v) is 2.18. The van der Waals surface area contributed by atoms with Gasteiger partial charge in [-0.15, -0.1) is 0 Å². The van der Waals surface area contributed by atoms with Gasteiger partial charge in [0.2, 0.25) is 0 Å². The Hall–Kier alpha value is -0.960. The smallest absolute Gasteiger partial charge is 0.120 e. The third kappa shape index (κ3) is 3.08. The van der Waals surface area contributed by atoms with E-state index in [1.165, 1.54) is 0 Å². The second-order valence-corrected chi connectivity index (χ2v) is 5.11. The molecule has 2 nitrogen and oxygen atoms in total. The standard InChI is InChI=1S/C14H15Cl2NO/c1-9(11-5-6-12(15)13(16)8-11)17-10(2)14-4-3-7-18-14/h3-10,17H,1-2H3. The third-order valence-electron chi connectivity index (χ3n) is 2.91. The average molecular weight is 284 g/mol. The molecule has 4 heteroatoms. The summed E-state index contributed by atoms with van der Waals surface area (Å²) in [5.74, 6) is 0.918. The van der Waals surface area contributed by atoms with Crippen molar-refractivity contribution in [2.24, 2.45) is 0 Å². The van der Waals surface area contributed by atoms with E-state index in [1.807, 2.05) is 30.3 Å². The SMILES string of the molecule is CC(NC(C)c1ccco1)c1ccc(Cl)c(Cl)c1. The van der Waals surface area contributed by atoms with Crippen LogP contribution in [0.4, 0.5) is 0 Å². The predicted molar refractivity (Wildman–Crippen MR) is 75.1 cm³/mol. The van der Waals surface area contributed by atoms with Crippen LogP contribution in [0.1, 0.15) is 37.3 Å². The number of nitrogens with one attached hydrogen (secondary N) is 1. The van der Waals surface area contributed by atoms with Crippen molar-refractivity contribution in [3.8, 4) is 0 Å². The van der Waals surface area contributed by atoms with E-state index < -0.39 is 0 Å². The van der Waals surface area contributed by atoms with Gasteiger partial charge in [-0.3, -0.25) is 0 Å². The highest BCUT2D eigenvalue weighted by Gasteiger charge is 2.13. The number of furan rings is 1. The van der Waals surface area contributed by atoms with Crippen molar-refractivity contribution in [1.29, 1.82) is 0 Å². The molecule has 0 aliphatic rings. The van der Waals surface area contributed by atoms with E-state index in [4.69, 9.17) is 27.6 Å². The highest BCUT2D eigenvalue weighted by molar-refractivity contribution is 6.42. The lowest BCUT2D eigenvalue weighted by Gasteiger charge is -2.19. The largest absolute Gasteiger partial charge is 0.468 e. The summed E-state index contributed by atoms with van der Waals surface area (Å²) in [4.78, 5) is 0. The van der Waals surface area contributed by atoms with Crippen molar-refractivity contribution >= 4 is 23.2 Å². The van der Waals surface area contributed by atoms with E-state index >= 15 is 0 Å². The monoisotopic (exact) mass is 283 g/mol. The Bertz CT molecular complexity index is 511. The Morgan fingerprint density at radius 3 is 2.44 bits per heavy atom. The van der Waals surface area contributed by atoms with Crippen LogP contribution >= 0.6 is 23.2 Å².